The maximum absolute atomic E-state index is 12.5. The molecular formula is C21H25NO2. The highest BCUT2D eigenvalue weighted by molar-refractivity contribution is 5.76. The quantitative estimate of drug-likeness (QED) is 0.824. The van der Waals surface area contributed by atoms with Gasteiger partial charge in [0.25, 0.3) is 0 Å². The number of fused-ring (bicyclic) bond motifs is 1. The zero-order chi connectivity index (χ0) is 17.1. The standard InChI is InChI=1S/C21H25NO2/c1-15-8-11-20(16(2)14-15)24-13-12-21(23)22(3)19-10-9-17-6-4-5-7-18(17)19/h4-8,11,14,19H,9-10,12-13H2,1-3H3. The van der Waals surface area contributed by atoms with Crippen LogP contribution in [0, 0.1) is 13.8 Å². The fourth-order valence-electron chi connectivity index (χ4n) is 3.50. The third kappa shape index (κ3) is 3.45. The molecule has 3 rings (SSSR count). The smallest absolute Gasteiger partial charge is 0.226 e. The van der Waals surface area contributed by atoms with Gasteiger partial charge in [-0.15, -0.1) is 0 Å². The summed E-state index contributed by atoms with van der Waals surface area (Å²) in [6.07, 6.45) is 2.47. The monoisotopic (exact) mass is 323 g/mol. The van der Waals surface area contributed by atoms with Gasteiger partial charge in [0, 0.05) is 7.05 Å². The zero-order valence-corrected chi connectivity index (χ0v) is 14.7. The summed E-state index contributed by atoms with van der Waals surface area (Å²) in [4.78, 5) is 14.4. The number of rotatable bonds is 5. The van der Waals surface area contributed by atoms with E-state index in [1.807, 2.05) is 31.0 Å². The molecule has 126 valence electrons. The second-order valence-electron chi connectivity index (χ2n) is 6.63. The predicted molar refractivity (Wildman–Crippen MR) is 96.3 cm³/mol. The van der Waals surface area contributed by atoms with Crippen molar-refractivity contribution in [2.45, 2.75) is 39.2 Å². The molecule has 2 aromatic carbocycles. The lowest BCUT2D eigenvalue weighted by Gasteiger charge is -2.25. The molecule has 24 heavy (non-hydrogen) atoms. The highest BCUT2D eigenvalue weighted by atomic mass is 16.5. The van der Waals surface area contributed by atoms with Gasteiger partial charge in [0.05, 0.1) is 19.1 Å². The molecule has 0 aliphatic heterocycles. The topological polar surface area (TPSA) is 29.5 Å². The summed E-state index contributed by atoms with van der Waals surface area (Å²) < 4.78 is 5.80. The number of carbonyl (C=O) groups is 1. The lowest BCUT2D eigenvalue weighted by molar-refractivity contribution is -0.132. The molecule has 1 amide bonds. The van der Waals surface area contributed by atoms with Crippen molar-refractivity contribution in [3.8, 4) is 5.75 Å². The Balaban J connectivity index is 1.56. The van der Waals surface area contributed by atoms with E-state index in [9.17, 15) is 4.79 Å². The van der Waals surface area contributed by atoms with Gasteiger partial charge in [0.2, 0.25) is 5.91 Å². The van der Waals surface area contributed by atoms with Crippen LogP contribution in [0.25, 0.3) is 0 Å². The van der Waals surface area contributed by atoms with Crippen LogP contribution < -0.4 is 4.74 Å². The molecule has 0 saturated carbocycles. The minimum absolute atomic E-state index is 0.140. The summed E-state index contributed by atoms with van der Waals surface area (Å²) in [7, 11) is 1.91. The highest BCUT2D eigenvalue weighted by Crippen LogP contribution is 2.35. The molecule has 0 radical (unpaired) electrons. The molecular weight excluding hydrogens is 298 g/mol. The zero-order valence-electron chi connectivity index (χ0n) is 14.7. The van der Waals surface area contributed by atoms with Crippen LogP contribution in [0.5, 0.6) is 5.75 Å². The van der Waals surface area contributed by atoms with Gasteiger partial charge in [0.1, 0.15) is 5.75 Å². The molecule has 2 aromatic rings. The summed E-state index contributed by atoms with van der Waals surface area (Å²) in [5.41, 5.74) is 4.99. The highest BCUT2D eigenvalue weighted by Gasteiger charge is 2.27. The second-order valence-corrected chi connectivity index (χ2v) is 6.63. The van der Waals surface area contributed by atoms with E-state index in [0.29, 0.717) is 13.0 Å². The van der Waals surface area contributed by atoms with Crippen LogP contribution in [0.4, 0.5) is 0 Å². The summed E-state index contributed by atoms with van der Waals surface area (Å²) >= 11 is 0. The fraction of sp³-hybridized carbons (Fsp3) is 0.381. The Labute approximate surface area is 144 Å². The van der Waals surface area contributed by atoms with Crippen molar-refractivity contribution in [3.63, 3.8) is 0 Å². The van der Waals surface area contributed by atoms with Crippen molar-refractivity contribution in [1.29, 1.82) is 0 Å². The van der Waals surface area contributed by atoms with Crippen LogP contribution in [-0.4, -0.2) is 24.5 Å². The Morgan fingerprint density at radius 3 is 2.79 bits per heavy atom. The van der Waals surface area contributed by atoms with Crippen molar-refractivity contribution < 1.29 is 9.53 Å². The molecule has 0 N–H and O–H groups in total. The molecule has 3 heteroatoms. The van der Waals surface area contributed by atoms with E-state index >= 15 is 0 Å². The van der Waals surface area contributed by atoms with E-state index in [-0.39, 0.29) is 11.9 Å². The molecule has 0 spiro atoms. The van der Waals surface area contributed by atoms with Gasteiger partial charge in [-0.25, -0.2) is 0 Å². The van der Waals surface area contributed by atoms with E-state index in [2.05, 4.69) is 37.3 Å². The molecule has 0 aromatic heterocycles. The first-order valence-electron chi connectivity index (χ1n) is 8.60. The average molecular weight is 323 g/mol. The van der Waals surface area contributed by atoms with E-state index in [1.165, 1.54) is 16.7 Å². The molecule has 0 bridgehead atoms. The fourth-order valence-corrected chi connectivity index (χ4v) is 3.50. The van der Waals surface area contributed by atoms with Gasteiger partial charge in [0.15, 0.2) is 0 Å². The van der Waals surface area contributed by atoms with Gasteiger partial charge in [-0.05, 0) is 49.4 Å². The van der Waals surface area contributed by atoms with Crippen LogP contribution in [0.15, 0.2) is 42.5 Å². The van der Waals surface area contributed by atoms with Crippen LogP contribution >= 0.6 is 0 Å². The first-order chi connectivity index (χ1) is 11.6. The molecule has 1 aliphatic rings. The Morgan fingerprint density at radius 2 is 2.00 bits per heavy atom. The molecule has 1 aliphatic carbocycles. The van der Waals surface area contributed by atoms with Gasteiger partial charge < -0.3 is 9.64 Å². The van der Waals surface area contributed by atoms with Crippen LogP contribution in [0.2, 0.25) is 0 Å². The SMILES string of the molecule is Cc1ccc(OCCC(=O)N(C)C2CCc3ccccc32)c(C)c1. The Kier molecular flexibility index (Phi) is 4.89. The van der Waals surface area contributed by atoms with Crippen molar-refractivity contribution in [2.75, 3.05) is 13.7 Å². The Morgan fingerprint density at radius 1 is 1.21 bits per heavy atom. The molecule has 1 unspecified atom stereocenters. The molecule has 3 nitrogen and oxygen atoms in total. The van der Waals surface area contributed by atoms with Gasteiger partial charge >= 0.3 is 0 Å². The van der Waals surface area contributed by atoms with E-state index < -0.39 is 0 Å². The third-order valence-corrected chi connectivity index (χ3v) is 4.87. The van der Waals surface area contributed by atoms with Crippen molar-refractivity contribution in [3.05, 3.63) is 64.7 Å². The molecule has 0 heterocycles. The molecule has 1 atom stereocenters. The van der Waals surface area contributed by atoms with Crippen LogP contribution in [0.3, 0.4) is 0 Å². The van der Waals surface area contributed by atoms with Crippen LogP contribution in [-0.2, 0) is 11.2 Å². The summed E-state index contributed by atoms with van der Waals surface area (Å²) in [6.45, 7) is 4.52. The summed E-state index contributed by atoms with van der Waals surface area (Å²) in [5, 5.41) is 0. The maximum Gasteiger partial charge on any atom is 0.226 e. The summed E-state index contributed by atoms with van der Waals surface area (Å²) in [5.74, 6) is 1.00. The normalized spacial score (nSPS) is 15.9. The van der Waals surface area contributed by atoms with Gasteiger partial charge in [-0.1, -0.05) is 42.0 Å². The summed E-state index contributed by atoms with van der Waals surface area (Å²) in [6, 6.07) is 14.7. The predicted octanol–water partition coefficient (Wildman–Crippen LogP) is 4.22. The largest absolute Gasteiger partial charge is 0.493 e. The molecule has 0 saturated heterocycles. The average Bonchev–Trinajstić information content (AvgIpc) is 3.00. The van der Waals surface area contributed by atoms with Crippen molar-refractivity contribution in [1.82, 2.24) is 4.90 Å². The van der Waals surface area contributed by atoms with E-state index in [4.69, 9.17) is 4.74 Å². The van der Waals surface area contributed by atoms with Gasteiger partial charge in [-0.2, -0.15) is 0 Å². The Hall–Kier alpha value is -2.29. The van der Waals surface area contributed by atoms with Gasteiger partial charge in [-0.3, -0.25) is 4.79 Å². The van der Waals surface area contributed by atoms with Crippen molar-refractivity contribution >= 4 is 5.91 Å². The third-order valence-electron chi connectivity index (χ3n) is 4.87. The number of hydrogen-bond donors (Lipinski definition) is 0. The van der Waals surface area contributed by atoms with E-state index in [0.717, 1.165) is 24.2 Å². The number of nitrogens with zero attached hydrogens (tertiary/aromatic N) is 1. The lowest BCUT2D eigenvalue weighted by Crippen LogP contribution is -2.31. The number of aryl methyl sites for hydroxylation is 3. The number of ether oxygens (including phenoxy) is 1. The van der Waals surface area contributed by atoms with Crippen molar-refractivity contribution in [2.24, 2.45) is 0 Å². The number of hydrogen-bond acceptors (Lipinski definition) is 2. The minimum atomic E-state index is 0.140. The first-order valence-corrected chi connectivity index (χ1v) is 8.60. The van der Waals surface area contributed by atoms with E-state index in [1.54, 1.807) is 0 Å². The van der Waals surface area contributed by atoms with Crippen LogP contribution in [0.1, 0.15) is 41.1 Å². The minimum Gasteiger partial charge on any atom is -0.493 e. The number of carbonyl (C=O) groups excluding carboxylic acids is 1. The maximum atomic E-state index is 12.5. The molecule has 0 fully saturated rings. The number of benzene rings is 2. The Bertz CT molecular complexity index is 738. The number of amides is 1. The lowest BCUT2D eigenvalue weighted by atomic mass is 10.1. The first kappa shape index (κ1) is 16.6. The second kappa shape index (κ2) is 7.08.